The summed E-state index contributed by atoms with van der Waals surface area (Å²) in [6, 6.07) is 14.9. The maximum absolute atomic E-state index is 8.73. The van der Waals surface area contributed by atoms with Crippen molar-refractivity contribution in [1.29, 1.82) is 0 Å². The fourth-order valence-electron chi connectivity index (χ4n) is 1.72. The van der Waals surface area contributed by atoms with E-state index in [0.717, 1.165) is 18.6 Å². The highest BCUT2D eigenvalue weighted by atomic mass is 32.2. The van der Waals surface area contributed by atoms with Gasteiger partial charge in [0.1, 0.15) is 0 Å². The van der Waals surface area contributed by atoms with Crippen LogP contribution in [0.5, 0.6) is 0 Å². The second kappa shape index (κ2) is 5.92. The zero-order chi connectivity index (χ0) is 11.2. The number of hydrogen-bond acceptors (Lipinski definition) is 2. The molecule has 0 saturated carbocycles. The molecule has 0 fully saturated rings. The zero-order valence-corrected chi connectivity index (χ0v) is 10.0. The maximum Gasteiger partial charge on any atom is 0.0431 e. The van der Waals surface area contributed by atoms with E-state index in [-0.39, 0.29) is 0 Å². The van der Waals surface area contributed by atoms with Crippen molar-refractivity contribution in [1.82, 2.24) is 0 Å². The quantitative estimate of drug-likeness (QED) is 0.626. The molecule has 0 aliphatic carbocycles. The summed E-state index contributed by atoms with van der Waals surface area (Å²) in [5.74, 6) is 1.08. The Morgan fingerprint density at radius 3 is 2.62 bits per heavy atom. The van der Waals surface area contributed by atoms with Crippen molar-refractivity contribution in [2.75, 3.05) is 12.4 Å². The Kier molecular flexibility index (Phi) is 4.25. The van der Waals surface area contributed by atoms with Crippen LogP contribution in [0.4, 0.5) is 0 Å². The lowest BCUT2D eigenvalue weighted by Gasteiger charge is -2.05. The molecular formula is C14H16OS. The highest BCUT2D eigenvalue weighted by Gasteiger charge is 2.00. The van der Waals surface area contributed by atoms with E-state index in [1.807, 2.05) is 11.8 Å². The number of benzene rings is 2. The molecule has 2 aromatic carbocycles. The summed E-state index contributed by atoms with van der Waals surface area (Å²) >= 11 is 1.88. The maximum atomic E-state index is 8.73. The van der Waals surface area contributed by atoms with Gasteiger partial charge in [0.15, 0.2) is 0 Å². The lowest BCUT2D eigenvalue weighted by atomic mass is 10.1. The van der Waals surface area contributed by atoms with Crippen LogP contribution in [-0.4, -0.2) is 17.5 Å². The Morgan fingerprint density at radius 1 is 0.938 bits per heavy atom. The first kappa shape index (κ1) is 11.5. The molecule has 0 bridgehead atoms. The molecule has 0 aromatic heterocycles. The van der Waals surface area contributed by atoms with Crippen molar-refractivity contribution < 1.29 is 5.11 Å². The molecule has 0 unspecified atom stereocenters. The second-order valence-corrected chi connectivity index (χ2v) is 4.89. The van der Waals surface area contributed by atoms with E-state index in [9.17, 15) is 0 Å². The van der Waals surface area contributed by atoms with E-state index in [0.29, 0.717) is 6.61 Å². The minimum Gasteiger partial charge on any atom is -0.396 e. The number of thioether (sulfide) groups is 1. The number of hydrogen-bond donors (Lipinski definition) is 1. The van der Waals surface area contributed by atoms with Crippen LogP contribution in [0.3, 0.4) is 0 Å². The van der Waals surface area contributed by atoms with E-state index < -0.39 is 0 Å². The van der Waals surface area contributed by atoms with Gasteiger partial charge in [-0.2, -0.15) is 0 Å². The Hall–Kier alpha value is -0.990. The predicted octanol–water partition coefficient (Wildman–Crippen LogP) is 3.70. The van der Waals surface area contributed by atoms with Gasteiger partial charge >= 0.3 is 0 Å². The molecule has 0 spiro atoms. The van der Waals surface area contributed by atoms with Crippen molar-refractivity contribution in [3.05, 3.63) is 42.5 Å². The van der Waals surface area contributed by atoms with Gasteiger partial charge < -0.3 is 5.11 Å². The number of unbranched alkanes of at least 4 members (excludes halogenated alkanes) is 1. The molecule has 0 radical (unpaired) electrons. The van der Waals surface area contributed by atoms with Crippen LogP contribution in [-0.2, 0) is 0 Å². The van der Waals surface area contributed by atoms with Gasteiger partial charge in [0.25, 0.3) is 0 Å². The normalized spacial score (nSPS) is 10.8. The third-order valence-corrected chi connectivity index (χ3v) is 3.72. The second-order valence-electron chi connectivity index (χ2n) is 3.76. The summed E-state index contributed by atoms with van der Waals surface area (Å²) < 4.78 is 0. The SMILES string of the molecule is OCCCCSc1cccc2ccccc12. The Bertz CT molecular complexity index is 448. The predicted molar refractivity (Wildman–Crippen MR) is 71.0 cm³/mol. The van der Waals surface area contributed by atoms with Gasteiger partial charge in [0.2, 0.25) is 0 Å². The van der Waals surface area contributed by atoms with Gasteiger partial charge in [-0.05, 0) is 35.4 Å². The number of aliphatic hydroxyl groups excluding tert-OH is 1. The summed E-state index contributed by atoms with van der Waals surface area (Å²) in [4.78, 5) is 1.34. The minimum atomic E-state index is 0.302. The van der Waals surface area contributed by atoms with Crippen molar-refractivity contribution in [3.8, 4) is 0 Å². The van der Waals surface area contributed by atoms with E-state index >= 15 is 0 Å². The third kappa shape index (κ3) is 2.77. The van der Waals surface area contributed by atoms with E-state index in [4.69, 9.17) is 5.11 Å². The molecule has 0 aliphatic heterocycles. The number of fused-ring (bicyclic) bond motifs is 1. The lowest BCUT2D eigenvalue weighted by molar-refractivity contribution is 0.287. The fraction of sp³-hybridized carbons (Fsp3) is 0.286. The molecule has 1 N–H and O–H groups in total. The van der Waals surface area contributed by atoms with Gasteiger partial charge in [-0.25, -0.2) is 0 Å². The van der Waals surface area contributed by atoms with Crippen molar-refractivity contribution in [2.45, 2.75) is 17.7 Å². The molecule has 2 heteroatoms. The highest BCUT2D eigenvalue weighted by molar-refractivity contribution is 7.99. The molecule has 0 aliphatic rings. The molecule has 0 saturated heterocycles. The zero-order valence-electron chi connectivity index (χ0n) is 9.23. The first-order chi connectivity index (χ1) is 7.92. The van der Waals surface area contributed by atoms with E-state index in [2.05, 4.69) is 42.5 Å². The molecule has 0 heterocycles. The molecule has 1 nitrogen and oxygen atoms in total. The van der Waals surface area contributed by atoms with Crippen LogP contribution < -0.4 is 0 Å². The molecule has 16 heavy (non-hydrogen) atoms. The average molecular weight is 232 g/mol. The van der Waals surface area contributed by atoms with Crippen molar-refractivity contribution >= 4 is 22.5 Å². The van der Waals surface area contributed by atoms with Gasteiger partial charge in [-0.15, -0.1) is 11.8 Å². The van der Waals surface area contributed by atoms with Crippen LogP contribution in [0.1, 0.15) is 12.8 Å². The van der Waals surface area contributed by atoms with Crippen LogP contribution in [0.2, 0.25) is 0 Å². The molecule has 2 rings (SSSR count). The first-order valence-corrected chi connectivity index (χ1v) is 6.62. The minimum absolute atomic E-state index is 0.302. The summed E-state index contributed by atoms with van der Waals surface area (Å²) in [6.45, 7) is 0.302. The van der Waals surface area contributed by atoms with Gasteiger partial charge in [0, 0.05) is 11.5 Å². The molecule has 0 atom stereocenters. The van der Waals surface area contributed by atoms with Crippen LogP contribution >= 0.6 is 11.8 Å². The Labute approximate surface area is 100 Å². The summed E-state index contributed by atoms with van der Waals surface area (Å²) in [7, 11) is 0. The molecular weight excluding hydrogens is 216 g/mol. The van der Waals surface area contributed by atoms with Gasteiger partial charge in [-0.1, -0.05) is 36.4 Å². The van der Waals surface area contributed by atoms with Crippen LogP contribution in [0.25, 0.3) is 10.8 Å². The monoisotopic (exact) mass is 232 g/mol. The lowest BCUT2D eigenvalue weighted by Crippen LogP contribution is -1.86. The molecule has 2 aromatic rings. The van der Waals surface area contributed by atoms with Crippen molar-refractivity contribution in [2.24, 2.45) is 0 Å². The smallest absolute Gasteiger partial charge is 0.0431 e. The standard InChI is InChI=1S/C14H16OS/c15-10-3-4-11-16-14-9-5-7-12-6-1-2-8-13(12)14/h1-2,5-9,15H,3-4,10-11H2. The molecule has 0 amide bonds. The van der Waals surface area contributed by atoms with E-state index in [1.165, 1.54) is 15.7 Å². The fourth-order valence-corrected chi connectivity index (χ4v) is 2.80. The highest BCUT2D eigenvalue weighted by Crippen LogP contribution is 2.28. The summed E-state index contributed by atoms with van der Waals surface area (Å²) in [5, 5.41) is 11.4. The van der Waals surface area contributed by atoms with E-state index in [1.54, 1.807) is 0 Å². The number of aliphatic hydroxyl groups is 1. The summed E-state index contributed by atoms with van der Waals surface area (Å²) in [6.07, 6.45) is 1.97. The van der Waals surface area contributed by atoms with Crippen LogP contribution in [0.15, 0.2) is 47.4 Å². The Balaban J connectivity index is 2.11. The topological polar surface area (TPSA) is 20.2 Å². The Morgan fingerprint density at radius 2 is 1.75 bits per heavy atom. The average Bonchev–Trinajstić information content (AvgIpc) is 2.35. The molecule has 84 valence electrons. The summed E-state index contributed by atoms with van der Waals surface area (Å²) in [5.41, 5.74) is 0. The largest absolute Gasteiger partial charge is 0.396 e. The van der Waals surface area contributed by atoms with Crippen LogP contribution in [0, 0.1) is 0 Å². The van der Waals surface area contributed by atoms with Crippen molar-refractivity contribution in [3.63, 3.8) is 0 Å². The van der Waals surface area contributed by atoms with Gasteiger partial charge in [-0.3, -0.25) is 0 Å². The first-order valence-electron chi connectivity index (χ1n) is 5.63. The number of rotatable bonds is 5. The van der Waals surface area contributed by atoms with Gasteiger partial charge in [0.05, 0.1) is 0 Å². The third-order valence-electron chi connectivity index (χ3n) is 2.56.